The molecule has 8 heteroatoms. The third-order valence-electron chi connectivity index (χ3n) is 5.03. The van der Waals surface area contributed by atoms with Crippen molar-refractivity contribution in [2.75, 3.05) is 7.11 Å². The number of aromatic nitrogens is 5. The van der Waals surface area contributed by atoms with Gasteiger partial charge in [0.15, 0.2) is 5.65 Å². The number of para-hydroxylation sites is 1. The summed E-state index contributed by atoms with van der Waals surface area (Å²) in [5, 5.41) is 8.29. The first-order chi connectivity index (χ1) is 14.5. The summed E-state index contributed by atoms with van der Waals surface area (Å²) in [7, 11) is 3.51. The summed E-state index contributed by atoms with van der Waals surface area (Å²) in [6.07, 6.45) is 6.86. The molecule has 3 heterocycles. The van der Waals surface area contributed by atoms with Gasteiger partial charge in [-0.05, 0) is 26.0 Å². The SMILES string of the molecule is COc1ccccc1C(NC(=O)c1cnc2c(cnn2C(C)C)c1)c1nccn1C. The van der Waals surface area contributed by atoms with E-state index in [1.165, 1.54) is 0 Å². The third-order valence-corrected chi connectivity index (χ3v) is 5.03. The number of fused-ring (bicyclic) bond motifs is 1. The van der Waals surface area contributed by atoms with E-state index in [0.717, 1.165) is 16.6 Å². The molecule has 0 aliphatic carbocycles. The molecule has 8 nitrogen and oxygen atoms in total. The fraction of sp³-hybridized carbons (Fsp3) is 0.273. The Morgan fingerprint density at radius 2 is 1.97 bits per heavy atom. The largest absolute Gasteiger partial charge is 0.496 e. The molecule has 4 aromatic rings. The summed E-state index contributed by atoms with van der Waals surface area (Å²) < 4.78 is 9.24. The summed E-state index contributed by atoms with van der Waals surface area (Å²) in [4.78, 5) is 22.1. The average molecular weight is 404 g/mol. The second-order valence-corrected chi connectivity index (χ2v) is 7.36. The quantitative estimate of drug-likeness (QED) is 0.533. The molecular weight excluding hydrogens is 380 g/mol. The van der Waals surface area contributed by atoms with Crippen LogP contribution in [0.3, 0.4) is 0 Å². The van der Waals surface area contributed by atoms with Crippen LogP contribution in [0.4, 0.5) is 0 Å². The van der Waals surface area contributed by atoms with Crippen LogP contribution in [0, 0.1) is 0 Å². The van der Waals surface area contributed by atoms with Gasteiger partial charge in [-0.2, -0.15) is 5.10 Å². The van der Waals surface area contributed by atoms with Gasteiger partial charge in [0.2, 0.25) is 0 Å². The monoisotopic (exact) mass is 404 g/mol. The number of pyridine rings is 1. The fourth-order valence-corrected chi connectivity index (χ4v) is 3.50. The molecule has 0 saturated heterocycles. The molecule has 0 spiro atoms. The Morgan fingerprint density at radius 3 is 2.67 bits per heavy atom. The Kier molecular flexibility index (Phi) is 5.22. The van der Waals surface area contributed by atoms with Gasteiger partial charge in [0.05, 0.1) is 18.9 Å². The molecule has 0 aliphatic rings. The van der Waals surface area contributed by atoms with Crippen LogP contribution in [0.15, 0.2) is 55.1 Å². The second-order valence-electron chi connectivity index (χ2n) is 7.36. The molecule has 4 rings (SSSR count). The van der Waals surface area contributed by atoms with E-state index < -0.39 is 6.04 Å². The summed E-state index contributed by atoms with van der Waals surface area (Å²) in [6, 6.07) is 9.10. The number of hydrogen-bond donors (Lipinski definition) is 1. The average Bonchev–Trinajstić information content (AvgIpc) is 3.37. The number of aryl methyl sites for hydroxylation is 1. The number of nitrogens with zero attached hydrogens (tertiary/aromatic N) is 5. The number of carbonyl (C=O) groups is 1. The lowest BCUT2D eigenvalue weighted by molar-refractivity contribution is 0.0940. The van der Waals surface area contributed by atoms with Crippen LogP contribution in [-0.4, -0.2) is 37.3 Å². The lowest BCUT2D eigenvalue weighted by atomic mass is 10.0. The first-order valence-corrected chi connectivity index (χ1v) is 9.74. The van der Waals surface area contributed by atoms with Crippen LogP contribution in [0.1, 0.15) is 47.7 Å². The van der Waals surface area contributed by atoms with E-state index >= 15 is 0 Å². The first-order valence-electron chi connectivity index (χ1n) is 9.74. The second kappa shape index (κ2) is 7.98. The number of rotatable bonds is 6. The van der Waals surface area contributed by atoms with E-state index in [1.807, 2.05) is 60.6 Å². The molecule has 0 saturated carbocycles. The van der Waals surface area contributed by atoms with Crippen molar-refractivity contribution in [2.24, 2.45) is 7.05 Å². The molecule has 1 unspecified atom stereocenters. The minimum Gasteiger partial charge on any atom is -0.496 e. The van der Waals surface area contributed by atoms with E-state index in [1.54, 1.807) is 31.8 Å². The Bertz CT molecular complexity index is 1190. The van der Waals surface area contributed by atoms with Gasteiger partial charge in [0, 0.05) is 42.6 Å². The van der Waals surface area contributed by atoms with E-state index in [4.69, 9.17) is 4.74 Å². The maximum absolute atomic E-state index is 13.2. The highest BCUT2D eigenvalue weighted by Gasteiger charge is 2.24. The predicted molar refractivity (Wildman–Crippen MR) is 113 cm³/mol. The number of hydrogen-bond acceptors (Lipinski definition) is 5. The third kappa shape index (κ3) is 3.52. The van der Waals surface area contributed by atoms with Crippen molar-refractivity contribution < 1.29 is 9.53 Å². The van der Waals surface area contributed by atoms with Gasteiger partial charge in [-0.3, -0.25) is 4.79 Å². The van der Waals surface area contributed by atoms with Gasteiger partial charge in [0.25, 0.3) is 5.91 Å². The molecule has 1 atom stereocenters. The van der Waals surface area contributed by atoms with E-state index in [2.05, 4.69) is 20.4 Å². The molecule has 0 bridgehead atoms. The molecule has 154 valence electrons. The van der Waals surface area contributed by atoms with Crippen LogP contribution in [0.2, 0.25) is 0 Å². The van der Waals surface area contributed by atoms with Crippen molar-refractivity contribution in [2.45, 2.75) is 25.9 Å². The van der Waals surface area contributed by atoms with Crippen LogP contribution in [-0.2, 0) is 7.05 Å². The minimum atomic E-state index is -0.484. The molecular formula is C22H24N6O2. The Hall–Kier alpha value is -3.68. The Balaban J connectivity index is 1.70. The molecule has 0 radical (unpaired) electrons. The number of methoxy groups -OCH3 is 1. The molecule has 0 fully saturated rings. The zero-order valence-electron chi connectivity index (χ0n) is 17.4. The fourth-order valence-electron chi connectivity index (χ4n) is 3.50. The van der Waals surface area contributed by atoms with Crippen molar-refractivity contribution in [1.82, 2.24) is 29.6 Å². The van der Waals surface area contributed by atoms with Gasteiger partial charge in [-0.1, -0.05) is 18.2 Å². The number of nitrogens with one attached hydrogen (secondary N) is 1. The van der Waals surface area contributed by atoms with E-state index in [-0.39, 0.29) is 11.9 Å². The maximum atomic E-state index is 13.2. The van der Waals surface area contributed by atoms with Gasteiger partial charge in [0.1, 0.15) is 17.6 Å². The van der Waals surface area contributed by atoms with Gasteiger partial charge in [-0.25, -0.2) is 14.6 Å². The smallest absolute Gasteiger partial charge is 0.253 e. The Labute approximate surface area is 174 Å². The molecule has 1 amide bonds. The standard InChI is InChI=1S/C22H24N6O2/c1-14(2)28-20-15(13-25-28)11-16(12-24-20)22(29)26-19(21-23-9-10-27(21)3)17-7-5-6-8-18(17)30-4/h5-14,19H,1-4H3,(H,26,29). The summed E-state index contributed by atoms with van der Waals surface area (Å²) in [5.41, 5.74) is 2.04. The van der Waals surface area contributed by atoms with Crippen molar-refractivity contribution in [3.8, 4) is 5.75 Å². The van der Waals surface area contributed by atoms with Crippen molar-refractivity contribution in [3.05, 3.63) is 72.1 Å². The van der Waals surface area contributed by atoms with Crippen molar-refractivity contribution in [3.63, 3.8) is 0 Å². The van der Waals surface area contributed by atoms with Gasteiger partial charge < -0.3 is 14.6 Å². The number of amides is 1. The highest BCUT2D eigenvalue weighted by Crippen LogP contribution is 2.29. The molecule has 1 aromatic carbocycles. The highest BCUT2D eigenvalue weighted by molar-refractivity contribution is 5.97. The zero-order valence-corrected chi connectivity index (χ0v) is 17.4. The molecule has 3 aromatic heterocycles. The number of carbonyl (C=O) groups excluding carboxylic acids is 1. The number of ether oxygens (including phenoxy) is 1. The predicted octanol–water partition coefficient (Wildman–Crippen LogP) is 3.27. The van der Waals surface area contributed by atoms with E-state index in [9.17, 15) is 4.79 Å². The number of imidazole rings is 1. The highest BCUT2D eigenvalue weighted by atomic mass is 16.5. The lowest BCUT2D eigenvalue weighted by Crippen LogP contribution is -2.31. The van der Waals surface area contributed by atoms with Crippen LogP contribution >= 0.6 is 0 Å². The van der Waals surface area contributed by atoms with Crippen LogP contribution in [0.5, 0.6) is 5.75 Å². The normalized spacial score (nSPS) is 12.3. The minimum absolute atomic E-state index is 0.188. The van der Waals surface area contributed by atoms with Gasteiger partial charge in [-0.15, -0.1) is 0 Å². The molecule has 30 heavy (non-hydrogen) atoms. The van der Waals surface area contributed by atoms with Crippen LogP contribution in [0.25, 0.3) is 11.0 Å². The van der Waals surface area contributed by atoms with Gasteiger partial charge >= 0.3 is 0 Å². The first kappa shape index (κ1) is 19.6. The summed E-state index contributed by atoms with van der Waals surface area (Å²) >= 11 is 0. The molecule has 0 aliphatic heterocycles. The van der Waals surface area contributed by atoms with Crippen molar-refractivity contribution in [1.29, 1.82) is 0 Å². The van der Waals surface area contributed by atoms with E-state index in [0.29, 0.717) is 17.1 Å². The summed E-state index contributed by atoms with van der Waals surface area (Å²) in [6.45, 7) is 4.08. The summed E-state index contributed by atoms with van der Waals surface area (Å²) in [5.74, 6) is 1.13. The van der Waals surface area contributed by atoms with Crippen molar-refractivity contribution >= 4 is 16.9 Å². The maximum Gasteiger partial charge on any atom is 0.253 e. The van der Waals surface area contributed by atoms with Crippen LogP contribution < -0.4 is 10.1 Å². The zero-order chi connectivity index (χ0) is 21.3. The molecule has 1 N–H and O–H groups in total. The topological polar surface area (TPSA) is 86.9 Å². The number of benzene rings is 1. The Morgan fingerprint density at radius 1 is 1.17 bits per heavy atom. The lowest BCUT2D eigenvalue weighted by Gasteiger charge is -2.21.